The van der Waals surface area contributed by atoms with Crippen molar-refractivity contribution in [2.24, 2.45) is 5.41 Å². The van der Waals surface area contributed by atoms with Crippen molar-refractivity contribution in [3.05, 3.63) is 35.5 Å². The average Bonchev–Trinajstić information content (AvgIpc) is 2.95. The van der Waals surface area contributed by atoms with Crippen LogP contribution in [-0.2, 0) is 30.4 Å². The number of hydrogen-bond donors (Lipinski definition) is 0. The van der Waals surface area contributed by atoms with Crippen molar-refractivity contribution in [1.29, 1.82) is 0 Å². The lowest BCUT2D eigenvalue weighted by Crippen LogP contribution is -2.37. The molecule has 2 aromatic rings. The Balaban J connectivity index is 2.32. The standard InChI is InChI=1S/C22H34N2O5S/c1-16-9-10-19-18(13-16)17(11-12-23(7)8)14-24(19)30(26,27)28-15-22(5,6)20(25)29-21(2,3)4/h9-10,13-14H,11-12,15H2,1-8H3. The fourth-order valence-corrected chi connectivity index (χ4v) is 4.08. The van der Waals surface area contributed by atoms with Gasteiger partial charge in [-0.2, -0.15) is 8.42 Å². The fraction of sp³-hybridized carbons (Fsp3) is 0.591. The summed E-state index contributed by atoms with van der Waals surface area (Å²) in [5.74, 6) is -0.509. The third kappa shape index (κ3) is 6.06. The SMILES string of the molecule is Cc1ccc2c(c1)c(CCN(C)C)cn2S(=O)(=O)OCC(C)(C)C(=O)OC(C)(C)C. The molecule has 1 heterocycles. The number of hydrogen-bond acceptors (Lipinski definition) is 6. The third-order valence-electron chi connectivity index (χ3n) is 4.60. The van der Waals surface area contributed by atoms with E-state index in [1.807, 2.05) is 38.1 Å². The van der Waals surface area contributed by atoms with Crippen LogP contribution in [0.3, 0.4) is 0 Å². The maximum atomic E-state index is 13.0. The number of esters is 1. The number of fused-ring (bicyclic) bond motifs is 1. The summed E-state index contributed by atoms with van der Waals surface area (Å²) >= 11 is 0. The Morgan fingerprint density at radius 3 is 2.33 bits per heavy atom. The second kappa shape index (κ2) is 8.69. The minimum absolute atomic E-state index is 0.317. The normalized spacial score (nSPS) is 13.2. The maximum Gasteiger partial charge on any atom is 0.366 e. The van der Waals surface area contributed by atoms with Gasteiger partial charge in [0.15, 0.2) is 0 Å². The Morgan fingerprint density at radius 1 is 1.13 bits per heavy atom. The summed E-state index contributed by atoms with van der Waals surface area (Å²) in [6.45, 7) is 11.0. The number of nitrogens with zero attached hydrogens (tertiary/aromatic N) is 2. The van der Waals surface area contributed by atoms with Crippen molar-refractivity contribution in [2.45, 2.75) is 53.6 Å². The van der Waals surface area contributed by atoms with Gasteiger partial charge < -0.3 is 9.64 Å². The Bertz CT molecular complexity index is 1010. The first kappa shape index (κ1) is 24.4. The summed E-state index contributed by atoms with van der Waals surface area (Å²) in [4.78, 5) is 14.5. The van der Waals surface area contributed by atoms with Gasteiger partial charge in [0.1, 0.15) is 5.60 Å². The molecular formula is C22H34N2O5S. The van der Waals surface area contributed by atoms with Crippen LogP contribution in [0.5, 0.6) is 0 Å². The molecule has 8 heteroatoms. The second-order valence-corrected chi connectivity index (χ2v) is 11.1. The Kier molecular flexibility index (Phi) is 7.06. The van der Waals surface area contributed by atoms with Gasteiger partial charge in [-0.25, -0.2) is 3.97 Å². The van der Waals surface area contributed by atoms with Gasteiger partial charge in [0, 0.05) is 18.1 Å². The van der Waals surface area contributed by atoms with Gasteiger partial charge in [-0.15, -0.1) is 0 Å². The number of aryl methyl sites for hydroxylation is 1. The molecule has 168 valence electrons. The highest BCUT2D eigenvalue weighted by atomic mass is 32.2. The Morgan fingerprint density at radius 2 is 1.77 bits per heavy atom. The van der Waals surface area contributed by atoms with E-state index in [1.165, 1.54) is 0 Å². The van der Waals surface area contributed by atoms with Crippen molar-refractivity contribution in [2.75, 3.05) is 27.2 Å². The van der Waals surface area contributed by atoms with Crippen LogP contribution in [0.2, 0.25) is 0 Å². The molecule has 7 nitrogen and oxygen atoms in total. The molecule has 0 spiro atoms. The highest BCUT2D eigenvalue weighted by molar-refractivity contribution is 7.85. The van der Waals surface area contributed by atoms with E-state index in [-0.39, 0.29) is 6.61 Å². The zero-order chi connectivity index (χ0) is 22.9. The molecule has 0 atom stereocenters. The Labute approximate surface area is 180 Å². The number of likely N-dealkylation sites (N-methyl/N-ethyl adjacent to an activating group) is 1. The predicted octanol–water partition coefficient (Wildman–Crippen LogP) is 3.53. The molecule has 0 amide bonds. The highest BCUT2D eigenvalue weighted by Crippen LogP contribution is 2.27. The molecule has 30 heavy (non-hydrogen) atoms. The van der Waals surface area contributed by atoms with E-state index < -0.39 is 27.3 Å². The Hall–Kier alpha value is -1.90. The summed E-state index contributed by atoms with van der Waals surface area (Å²) in [7, 11) is -0.182. The smallest absolute Gasteiger partial charge is 0.366 e. The van der Waals surface area contributed by atoms with Crippen LogP contribution in [0.25, 0.3) is 10.9 Å². The van der Waals surface area contributed by atoms with Crippen LogP contribution in [0, 0.1) is 12.3 Å². The van der Waals surface area contributed by atoms with Gasteiger partial charge in [0.2, 0.25) is 0 Å². The van der Waals surface area contributed by atoms with Crippen molar-refractivity contribution < 1.29 is 22.1 Å². The van der Waals surface area contributed by atoms with E-state index in [1.54, 1.807) is 46.9 Å². The van der Waals surface area contributed by atoms with Crippen LogP contribution >= 0.6 is 0 Å². The average molecular weight is 439 g/mol. The van der Waals surface area contributed by atoms with Crippen LogP contribution in [0.4, 0.5) is 0 Å². The molecule has 0 radical (unpaired) electrons. The molecule has 1 aromatic heterocycles. The summed E-state index contributed by atoms with van der Waals surface area (Å²) in [5, 5.41) is 0.885. The molecule has 0 unspecified atom stereocenters. The van der Waals surface area contributed by atoms with Gasteiger partial charge in [0.25, 0.3) is 0 Å². The lowest BCUT2D eigenvalue weighted by molar-refractivity contribution is -0.167. The summed E-state index contributed by atoms with van der Waals surface area (Å²) < 4.78 is 37.9. The second-order valence-electron chi connectivity index (χ2n) is 9.63. The number of ether oxygens (including phenoxy) is 1. The molecule has 0 bridgehead atoms. The van der Waals surface area contributed by atoms with E-state index in [4.69, 9.17) is 8.92 Å². The summed E-state index contributed by atoms with van der Waals surface area (Å²) in [6, 6.07) is 5.63. The first-order chi connectivity index (χ1) is 13.6. The molecule has 1 aromatic carbocycles. The molecule has 0 fully saturated rings. The first-order valence-corrected chi connectivity index (χ1v) is 11.4. The van der Waals surface area contributed by atoms with Gasteiger partial charge in [-0.1, -0.05) is 11.6 Å². The number of aromatic nitrogens is 1. The van der Waals surface area contributed by atoms with Crippen LogP contribution < -0.4 is 0 Å². The summed E-state index contributed by atoms with van der Waals surface area (Å²) in [5.41, 5.74) is 0.762. The topological polar surface area (TPSA) is 77.8 Å². The molecule has 0 aliphatic heterocycles. The number of benzene rings is 1. The van der Waals surface area contributed by atoms with Crippen LogP contribution in [-0.4, -0.2) is 56.1 Å². The molecule has 0 saturated heterocycles. The zero-order valence-corrected chi connectivity index (χ0v) is 20.1. The predicted molar refractivity (Wildman–Crippen MR) is 119 cm³/mol. The third-order valence-corrected chi connectivity index (χ3v) is 5.80. The molecule has 0 saturated carbocycles. The molecule has 2 rings (SSSR count). The van der Waals surface area contributed by atoms with E-state index in [2.05, 4.69) is 0 Å². The highest BCUT2D eigenvalue weighted by Gasteiger charge is 2.35. The van der Waals surface area contributed by atoms with Crippen molar-refractivity contribution in [3.8, 4) is 0 Å². The van der Waals surface area contributed by atoms with E-state index in [0.29, 0.717) is 11.9 Å². The zero-order valence-electron chi connectivity index (χ0n) is 19.3. The van der Waals surface area contributed by atoms with Gasteiger partial charge in [-0.3, -0.25) is 8.98 Å². The monoisotopic (exact) mass is 438 g/mol. The number of carbonyl (C=O) groups excluding carboxylic acids is 1. The molecule has 0 aliphatic rings. The minimum Gasteiger partial charge on any atom is -0.459 e. The molecule has 0 aliphatic carbocycles. The van der Waals surface area contributed by atoms with Gasteiger partial charge in [-0.05, 0) is 79.8 Å². The van der Waals surface area contributed by atoms with E-state index in [9.17, 15) is 13.2 Å². The van der Waals surface area contributed by atoms with Crippen molar-refractivity contribution in [1.82, 2.24) is 8.87 Å². The quantitative estimate of drug-likeness (QED) is 0.587. The minimum atomic E-state index is -4.13. The van der Waals surface area contributed by atoms with Crippen LogP contribution in [0.1, 0.15) is 45.7 Å². The summed E-state index contributed by atoms with van der Waals surface area (Å²) in [6.07, 6.45) is 2.32. The molecule has 0 N–H and O–H groups in total. The fourth-order valence-electron chi connectivity index (χ4n) is 2.86. The van der Waals surface area contributed by atoms with E-state index in [0.717, 1.165) is 27.0 Å². The largest absolute Gasteiger partial charge is 0.459 e. The van der Waals surface area contributed by atoms with Gasteiger partial charge in [0.05, 0.1) is 17.5 Å². The van der Waals surface area contributed by atoms with Crippen LogP contribution in [0.15, 0.2) is 24.4 Å². The maximum absolute atomic E-state index is 13.0. The van der Waals surface area contributed by atoms with Gasteiger partial charge >= 0.3 is 16.3 Å². The number of rotatable bonds is 8. The molecular weight excluding hydrogens is 404 g/mol. The first-order valence-electron chi connectivity index (χ1n) is 10.0. The van der Waals surface area contributed by atoms with Crippen molar-refractivity contribution >= 4 is 27.2 Å². The number of carbonyl (C=O) groups is 1. The lowest BCUT2D eigenvalue weighted by atomic mass is 9.95. The van der Waals surface area contributed by atoms with E-state index >= 15 is 0 Å². The van der Waals surface area contributed by atoms with Crippen molar-refractivity contribution in [3.63, 3.8) is 0 Å². The lowest BCUT2D eigenvalue weighted by Gasteiger charge is -2.28.